The summed E-state index contributed by atoms with van der Waals surface area (Å²) in [6.07, 6.45) is -0.224. The summed E-state index contributed by atoms with van der Waals surface area (Å²) in [7, 11) is 0. The molecule has 12 heavy (non-hydrogen) atoms. The summed E-state index contributed by atoms with van der Waals surface area (Å²) in [5.74, 6) is 0. The van der Waals surface area contributed by atoms with E-state index in [0.717, 1.165) is 0 Å². The molecule has 0 aliphatic carbocycles. The van der Waals surface area contributed by atoms with Gasteiger partial charge in [-0.3, -0.25) is 0 Å². The Hall–Kier alpha value is -0.160. The summed E-state index contributed by atoms with van der Waals surface area (Å²) in [5.41, 5.74) is 0. The Labute approximate surface area is 71.4 Å². The minimum absolute atomic E-state index is 0.0788. The normalized spacial score (nSPS) is 48.5. The molecule has 4 unspecified atom stereocenters. The minimum Gasteiger partial charge on any atom is -0.390 e. The average Bonchev–Trinajstić information content (AvgIpc) is 2.07. The molecule has 0 aromatic rings. The van der Waals surface area contributed by atoms with E-state index in [9.17, 15) is 5.11 Å². The van der Waals surface area contributed by atoms with Crippen LogP contribution in [0, 0.1) is 0 Å². The van der Waals surface area contributed by atoms with E-state index in [1.807, 2.05) is 6.92 Å². The van der Waals surface area contributed by atoms with Crippen LogP contribution in [0.1, 0.15) is 13.3 Å². The van der Waals surface area contributed by atoms with Crippen LogP contribution in [-0.4, -0.2) is 42.9 Å². The predicted octanol–water partition coefficient (Wildman–Crippen LogP) is -0.102. The van der Waals surface area contributed by atoms with Crippen LogP contribution in [0.4, 0.5) is 0 Å². The van der Waals surface area contributed by atoms with Crippen molar-refractivity contribution in [2.45, 2.75) is 37.9 Å². The van der Waals surface area contributed by atoms with Gasteiger partial charge in [-0.1, -0.05) is 0 Å². The van der Waals surface area contributed by atoms with Crippen LogP contribution in [0.3, 0.4) is 0 Å². The summed E-state index contributed by atoms with van der Waals surface area (Å²) < 4.78 is 16.0. The number of fused-ring (bicyclic) bond motifs is 1. The quantitative estimate of drug-likeness (QED) is 0.557. The molecule has 2 aliphatic rings. The number of rotatable bonds is 0. The first-order chi connectivity index (χ1) is 5.77. The van der Waals surface area contributed by atoms with E-state index >= 15 is 0 Å². The molecular weight excluding hydrogens is 160 g/mol. The van der Waals surface area contributed by atoms with Crippen molar-refractivity contribution in [3.8, 4) is 0 Å². The molecule has 0 saturated carbocycles. The highest BCUT2D eigenvalue weighted by atomic mass is 16.7. The summed E-state index contributed by atoms with van der Waals surface area (Å²) >= 11 is 0. The van der Waals surface area contributed by atoms with Crippen LogP contribution in [0.2, 0.25) is 0 Å². The molecule has 2 fully saturated rings. The van der Waals surface area contributed by atoms with Crippen LogP contribution in [0.15, 0.2) is 0 Å². The first-order valence-electron chi connectivity index (χ1n) is 4.34. The van der Waals surface area contributed by atoms with E-state index in [1.54, 1.807) is 0 Å². The van der Waals surface area contributed by atoms with Gasteiger partial charge in [0.15, 0.2) is 6.29 Å². The van der Waals surface area contributed by atoms with Crippen molar-refractivity contribution in [3.05, 3.63) is 0 Å². The molecule has 0 bridgehead atoms. The van der Waals surface area contributed by atoms with E-state index in [0.29, 0.717) is 19.6 Å². The van der Waals surface area contributed by atoms with Crippen molar-refractivity contribution in [1.82, 2.24) is 0 Å². The fourth-order valence-corrected chi connectivity index (χ4v) is 1.66. The third-order valence-electron chi connectivity index (χ3n) is 2.34. The number of aliphatic hydroxyl groups is 1. The van der Waals surface area contributed by atoms with E-state index in [-0.39, 0.29) is 18.5 Å². The maximum absolute atomic E-state index is 9.56. The van der Waals surface area contributed by atoms with Crippen LogP contribution in [0.5, 0.6) is 0 Å². The third kappa shape index (κ3) is 1.47. The highest BCUT2D eigenvalue weighted by molar-refractivity contribution is 4.84. The summed E-state index contributed by atoms with van der Waals surface area (Å²) in [5, 5.41) is 9.56. The van der Waals surface area contributed by atoms with Crippen molar-refractivity contribution in [2.24, 2.45) is 0 Å². The smallest absolute Gasteiger partial charge is 0.155 e. The largest absolute Gasteiger partial charge is 0.390 e. The molecule has 1 N–H and O–H groups in total. The number of ether oxygens (including phenoxy) is 3. The lowest BCUT2D eigenvalue weighted by Crippen LogP contribution is -2.53. The Morgan fingerprint density at radius 2 is 2.17 bits per heavy atom. The number of aliphatic hydroxyl groups excluding tert-OH is 1. The van der Waals surface area contributed by atoms with Gasteiger partial charge < -0.3 is 19.3 Å². The lowest BCUT2D eigenvalue weighted by Gasteiger charge is -2.40. The second-order valence-electron chi connectivity index (χ2n) is 3.27. The number of hydrogen-bond donors (Lipinski definition) is 1. The SMILES string of the molecule is CC1OCC2OCCC(O)C2O1. The molecule has 2 rings (SSSR count). The maximum atomic E-state index is 9.56. The third-order valence-corrected chi connectivity index (χ3v) is 2.34. The van der Waals surface area contributed by atoms with Crippen molar-refractivity contribution in [2.75, 3.05) is 13.2 Å². The maximum Gasteiger partial charge on any atom is 0.155 e. The molecule has 0 spiro atoms. The van der Waals surface area contributed by atoms with Crippen molar-refractivity contribution in [3.63, 3.8) is 0 Å². The van der Waals surface area contributed by atoms with Crippen molar-refractivity contribution in [1.29, 1.82) is 0 Å². The van der Waals surface area contributed by atoms with Gasteiger partial charge in [-0.05, 0) is 13.3 Å². The number of hydrogen-bond acceptors (Lipinski definition) is 4. The summed E-state index contributed by atoms with van der Waals surface area (Å²) in [6.45, 7) is 2.96. The Kier molecular flexibility index (Phi) is 2.32. The van der Waals surface area contributed by atoms with Crippen LogP contribution in [0.25, 0.3) is 0 Å². The first-order valence-corrected chi connectivity index (χ1v) is 4.34. The van der Waals surface area contributed by atoms with Gasteiger partial charge in [-0.2, -0.15) is 0 Å². The zero-order valence-corrected chi connectivity index (χ0v) is 7.10. The van der Waals surface area contributed by atoms with Gasteiger partial charge in [0.2, 0.25) is 0 Å². The molecule has 0 aromatic heterocycles. The Morgan fingerprint density at radius 1 is 1.33 bits per heavy atom. The Bertz CT molecular complexity index is 161. The van der Waals surface area contributed by atoms with Gasteiger partial charge in [0, 0.05) is 6.61 Å². The molecule has 2 aliphatic heterocycles. The van der Waals surface area contributed by atoms with E-state index in [1.165, 1.54) is 0 Å². The van der Waals surface area contributed by atoms with Gasteiger partial charge in [-0.15, -0.1) is 0 Å². The van der Waals surface area contributed by atoms with Gasteiger partial charge in [0.1, 0.15) is 12.2 Å². The second kappa shape index (κ2) is 3.30. The lowest BCUT2D eigenvalue weighted by atomic mass is 10.0. The van der Waals surface area contributed by atoms with E-state index in [4.69, 9.17) is 14.2 Å². The van der Waals surface area contributed by atoms with E-state index < -0.39 is 6.10 Å². The molecule has 4 atom stereocenters. The summed E-state index contributed by atoms with van der Waals surface area (Å²) in [4.78, 5) is 0. The second-order valence-corrected chi connectivity index (χ2v) is 3.27. The van der Waals surface area contributed by atoms with Crippen LogP contribution in [-0.2, 0) is 14.2 Å². The zero-order valence-electron chi connectivity index (χ0n) is 7.10. The highest BCUT2D eigenvalue weighted by Gasteiger charge is 2.38. The van der Waals surface area contributed by atoms with Crippen molar-refractivity contribution < 1.29 is 19.3 Å². The first kappa shape index (κ1) is 8.44. The molecular formula is C8H14O4. The van der Waals surface area contributed by atoms with Gasteiger partial charge in [0.05, 0.1) is 12.7 Å². The molecule has 0 radical (unpaired) electrons. The van der Waals surface area contributed by atoms with Crippen LogP contribution < -0.4 is 0 Å². The molecule has 2 heterocycles. The lowest BCUT2D eigenvalue weighted by molar-refractivity contribution is -0.288. The standard InChI is InChI=1S/C8H14O4/c1-5-11-4-7-8(12-5)6(9)2-3-10-7/h5-9H,2-4H2,1H3. The average molecular weight is 174 g/mol. The topological polar surface area (TPSA) is 47.9 Å². The fraction of sp³-hybridized carbons (Fsp3) is 1.00. The van der Waals surface area contributed by atoms with Gasteiger partial charge >= 0.3 is 0 Å². The monoisotopic (exact) mass is 174 g/mol. The minimum atomic E-state index is -0.393. The predicted molar refractivity (Wildman–Crippen MR) is 40.7 cm³/mol. The van der Waals surface area contributed by atoms with E-state index in [2.05, 4.69) is 0 Å². The Balaban J connectivity index is 2.00. The van der Waals surface area contributed by atoms with Crippen LogP contribution >= 0.6 is 0 Å². The molecule has 70 valence electrons. The summed E-state index contributed by atoms with van der Waals surface area (Å²) in [6, 6.07) is 0. The molecule has 4 heteroatoms. The Morgan fingerprint density at radius 3 is 3.00 bits per heavy atom. The molecule has 0 aromatic carbocycles. The zero-order chi connectivity index (χ0) is 8.55. The van der Waals surface area contributed by atoms with Gasteiger partial charge in [0.25, 0.3) is 0 Å². The van der Waals surface area contributed by atoms with Gasteiger partial charge in [-0.25, -0.2) is 0 Å². The fourth-order valence-electron chi connectivity index (χ4n) is 1.66. The van der Waals surface area contributed by atoms with Crippen molar-refractivity contribution >= 4 is 0 Å². The molecule has 2 saturated heterocycles. The molecule has 0 amide bonds. The molecule has 4 nitrogen and oxygen atoms in total. The highest BCUT2D eigenvalue weighted by Crippen LogP contribution is 2.23.